The third-order valence-electron chi connectivity index (χ3n) is 4.23. The van der Waals surface area contributed by atoms with Gasteiger partial charge in [0.05, 0.1) is 23.8 Å². The van der Waals surface area contributed by atoms with Crippen LogP contribution in [0.2, 0.25) is 0 Å². The van der Waals surface area contributed by atoms with Crippen molar-refractivity contribution in [1.29, 1.82) is 0 Å². The van der Waals surface area contributed by atoms with Gasteiger partial charge in [-0.3, -0.25) is 9.59 Å². The maximum atomic E-state index is 12.8. The molecule has 0 N–H and O–H groups in total. The molecule has 5 heteroatoms. The van der Waals surface area contributed by atoms with E-state index in [2.05, 4.69) is 0 Å². The van der Waals surface area contributed by atoms with E-state index in [-0.39, 0.29) is 17.9 Å². The topological polar surface area (TPSA) is 50.5 Å². The molecule has 1 heterocycles. The molecule has 0 fully saturated rings. The average Bonchev–Trinajstić information content (AvgIpc) is 2.64. The number of halogens is 1. The summed E-state index contributed by atoms with van der Waals surface area (Å²) in [5.41, 5.74) is 2.80. The van der Waals surface area contributed by atoms with Crippen LogP contribution in [0.5, 0.6) is 0 Å². The number of hydrogen-bond donors (Lipinski definition) is 0. The molecule has 1 atom stereocenters. The number of carbonyl (C=O) groups is 1. The first-order valence-corrected chi connectivity index (χ1v) is 8.87. The van der Waals surface area contributed by atoms with Gasteiger partial charge in [0.15, 0.2) is 5.43 Å². The van der Waals surface area contributed by atoms with Crippen molar-refractivity contribution in [2.45, 2.75) is 32.3 Å². The van der Waals surface area contributed by atoms with Gasteiger partial charge in [-0.2, -0.15) is 0 Å². The number of carbonyl (C=O) groups excluding carboxylic acids is 1. The van der Waals surface area contributed by atoms with E-state index in [1.165, 1.54) is 6.26 Å². The highest BCUT2D eigenvalue weighted by Gasteiger charge is 2.21. The molecule has 0 saturated carbocycles. The Morgan fingerprint density at radius 1 is 1.15 bits per heavy atom. The van der Waals surface area contributed by atoms with Crippen LogP contribution in [0.4, 0.5) is 0 Å². The van der Waals surface area contributed by atoms with Crippen LogP contribution in [-0.4, -0.2) is 16.2 Å². The maximum absolute atomic E-state index is 12.8. The minimum absolute atomic E-state index is 0.122. The fourth-order valence-corrected chi connectivity index (χ4v) is 3.00. The van der Waals surface area contributed by atoms with Crippen LogP contribution >= 0.6 is 11.6 Å². The zero-order chi connectivity index (χ0) is 18.7. The molecule has 4 nitrogen and oxygen atoms in total. The minimum atomic E-state index is -0.673. The first-order valence-electron chi connectivity index (χ1n) is 8.43. The Hall–Kier alpha value is -2.59. The normalized spacial score (nSPS) is 12.1. The van der Waals surface area contributed by atoms with Gasteiger partial charge in [-0.05, 0) is 31.5 Å². The predicted molar refractivity (Wildman–Crippen MR) is 103 cm³/mol. The van der Waals surface area contributed by atoms with E-state index < -0.39 is 5.38 Å². The Labute approximate surface area is 157 Å². The lowest BCUT2D eigenvalue weighted by Crippen LogP contribution is -2.36. The zero-order valence-corrected chi connectivity index (χ0v) is 15.5. The Morgan fingerprint density at radius 3 is 2.58 bits per heavy atom. The fraction of sp³-hybridized carbons (Fsp3) is 0.238. The van der Waals surface area contributed by atoms with Crippen molar-refractivity contribution in [3.05, 3.63) is 81.7 Å². The molecule has 2 aromatic carbocycles. The molecule has 3 aromatic rings. The number of hydrogen-bond acceptors (Lipinski definition) is 3. The summed E-state index contributed by atoms with van der Waals surface area (Å²) in [7, 11) is 0. The number of aryl methyl sites for hydroxylation is 1. The van der Waals surface area contributed by atoms with Crippen LogP contribution < -0.4 is 5.43 Å². The third-order valence-corrected chi connectivity index (χ3v) is 4.42. The number of rotatable bonds is 5. The molecule has 3 rings (SSSR count). The molecule has 1 amide bonds. The summed E-state index contributed by atoms with van der Waals surface area (Å²) in [5, 5.41) is -0.151. The molecule has 1 unspecified atom stereocenters. The highest BCUT2D eigenvalue weighted by molar-refractivity contribution is 6.30. The van der Waals surface area contributed by atoms with E-state index >= 15 is 0 Å². The monoisotopic (exact) mass is 369 g/mol. The van der Waals surface area contributed by atoms with E-state index in [4.69, 9.17) is 16.0 Å². The van der Waals surface area contributed by atoms with E-state index in [0.717, 1.165) is 11.1 Å². The number of alkyl halides is 1. The molecule has 0 aliphatic rings. The maximum Gasteiger partial charge on any atom is 0.240 e. The lowest BCUT2D eigenvalue weighted by Gasteiger charge is -2.24. The van der Waals surface area contributed by atoms with Gasteiger partial charge in [0.1, 0.15) is 11.0 Å². The zero-order valence-electron chi connectivity index (χ0n) is 14.7. The summed E-state index contributed by atoms with van der Waals surface area (Å²) in [6, 6.07) is 15.1. The van der Waals surface area contributed by atoms with E-state index in [9.17, 15) is 9.59 Å². The first-order chi connectivity index (χ1) is 12.5. The van der Waals surface area contributed by atoms with Gasteiger partial charge in [-0.25, -0.2) is 0 Å². The summed E-state index contributed by atoms with van der Waals surface area (Å²) >= 11 is 6.02. The summed E-state index contributed by atoms with van der Waals surface area (Å²) < 4.78 is 5.60. The minimum Gasteiger partial charge on any atom is -0.464 e. The summed E-state index contributed by atoms with van der Waals surface area (Å²) in [4.78, 5) is 27.0. The van der Waals surface area contributed by atoms with Gasteiger partial charge in [0, 0.05) is 6.54 Å². The molecule has 26 heavy (non-hydrogen) atoms. The molecule has 0 saturated heterocycles. The molecule has 1 aromatic heterocycles. The van der Waals surface area contributed by atoms with Crippen molar-refractivity contribution in [2.24, 2.45) is 0 Å². The van der Waals surface area contributed by atoms with Gasteiger partial charge in [0.2, 0.25) is 5.91 Å². The molecule has 0 spiro atoms. The second-order valence-corrected chi connectivity index (χ2v) is 7.04. The Kier molecular flexibility index (Phi) is 5.43. The van der Waals surface area contributed by atoms with Crippen LogP contribution in [0.1, 0.15) is 23.6 Å². The third kappa shape index (κ3) is 3.97. The van der Waals surface area contributed by atoms with Gasteiger partial charge >= 0.3 is 0 Å². The number of nitrogens with zero attached hydrogens (tertiary/aromatic N) is 1. The van der Waals surface area contributed by atoms with Crippen molar-refractivity contribution in [3.8, 4) is 0 Å². The average molecular weight is 370 g/mol. The smallest absolute Gasteiger partial charge is 0.240 e. The molecule has 134 valence electrons. The van der Waals surface area contributed by atoms with Crippen molar-refractivity contribution in [1.82, 2.24) is 4.90 Å². The molecule has 0 radical (unpaired) electrons. The lowest BCUT2D eigenvalue weighted by atomic mass is 10.1. The highest BCUT2D eigenvalue weighted by atomic mass is 35.5. The van der Waals surface area contributed by atoms with Crippen molar-refractivity contribution in [3.63, 3.8) is 0 Å². The van der Waals surface area contributed by atoms with Gasteiger partial charge < -0.3 is 9.32 Å². The summed E-state index contributed by atoms with van der Waals surface area (Å²) in [5.74, 6) is -0.223. The van der Waals surface area contributed by atoms with Crippen LogP contribution in [0.3, 0.4) is 0 Å². The number of fused-ring (bicyclic) bond motifs is 1. The van der Waals surface area contributed by atoms with Crippen molar-refractivity contribution in [2.75, 3.05) is 0 Å². The summed E-state index contributed by atoms with van der Waals surface area (Å²) in [6.07, 6.45) is 1.43. The number of benzene rings is 2. The van der Waals surface area contributed by atoms with Gasteiger partial charge in [-0.15, -0.1) is 11.6 Å². The molecule has 0 aliphatic carbocycles. The number of amides is 1. The largest absolute Gasteiger partial charge is 0.464 e. The Balaban J connectivity index is 1.96. The summed E-state index contributed by atoms with van der Waals surface area (Å²) in [6.45, 7) is 4.08. The predicted octanol–water partition coefficient (Wildman–Crippen LogP) is 4.26. The first kappa shape index (κ1) is 18.2. The van der Waals surface area contributed by atoms with Crippen LogP contribution in [0, 0.1) is 6.92 Å². The Morgan fingerprint density at radius 2 is 1.88 bits per heavy atom. The van der Waals surface area contributed by atoms with E-state index in [0.29, 0.717) is 23.1 Å². The van der Waals surface area contributed by atoms with Crippen LogP contribution in [0.15, 0.2) is 64.0 Å². The highest BCUT2D eigenvalue weighted by Crippen LogP contribution is 2.16. The quantitative estimate of drug-likeness (QED) is 0.631. The van der Waals surface area contributed by atoms with Crippen molar-refractivity contribution < 1.29 is 9.21 Å². The van der Waals surface area contributed by atoms with E-state index in [1.54, 1.807) is 24.0 Å². The second-order valence-electron chi connectivity index (χ2n) is 6.39. The van der Waals surface area contributed by atoms with Crippen molar-refractivity contribution >= 4 is 28.5 Å². The molecular weight excluding hydrogens is 350 g/mol. The second kappa shape index (κ2) is 7.75. The molecule has 0 aliphatic heterocycles. The van der Waals surface area contributed by atoms with Gasteiger partial charge in [0.25, 0.3) is 0 Å². The van der Waals surface area contributed by atoms with Crippen LogP contribution in [-0.2, 0) is 17.9 Å². The standard InChI is InChI=1S/C21H20ClNO3/c1-14-8-9-19-18(10-14)20(24)17(13-26-19)12-23(21(25)15(2)22)11-16-6-4-3-5-7-16/h3-10,13,15H,11-12H2,1-2H3. The molecular formula is C21H20ClNO3. The Bertz CT molecular complexity index is 979. The fourth-order valence-electron chi connectivity index (χ4n) is 2.87. The van der Waals surface area contributed by atoms with E-state index in [1.807, 2.05) is 43.3 Å². The van der Waals surface area contributed by atoms with Gasteiger partial charge in [-0.1, -0.05) is 42.0 Å². The SMILES string of the molecule is Cc1ccc2occ(CN(Cc3ccccc3)C(=O)C(C)Cl)c(=O)c2c1. The lowest BCUT2D eigenvalue weighted by molar-refractivity contribution is -0.131. The van der Waals surface area contributed by atoms with Crippen LogP contribution in [0.25, 0.3) is 11.0 Å². The molecule has 0 bridgehead atoms.